The number of urea groups is 1. The first kappa shape index (κ1) is 17.9. The Morgan fingerprint density at radius 1 is 1.12 bits per heavy atom. The standard InChI is InChI=1S/C19H20N4O2S/c1-12-5-4-6-13(9-12)14-7-8-15-16(10-14)26-19(21-15)22-18(25)20-11-17(24)23(2)3/h4-10H,11H2,1-3H3,(H2,20,21,22,25). The second kappa shape index (κ2) is 7.53. The van der Waals surface area contributed by atoms with E-state index in [1.807, 2.05) is 18.2 Å². The van der Waals surface area contributed by atoms with Crippen LogP contribution in [-0.2, 0) is 4.79 Å². The number of benzene rings is 2. The maximum absolute atomic E-state index is 11.9. The third-order valence-corrected chi connectivity index (χ3v) is 4.79. The van der Waals surface area contributed by atoms with Gasteiger partial charge in [-0.2, -0.15) is 0 Å². The van der Waals surface area contributed by atoms with Crippen molar-refractivity contribution in [3.63, 3.8) is 0 Å². The molecule has 0 radical (unpaired) electrons. The first-order chi connectivity index (χ1) is 12.4. The van der Waals surface area contributed by atoms with Gasteiger partial charge in [0.1, 0.15) is 0 Å². The Kier molecular flexibility index (Phi) is 5.18. The fourth-order valence-corrected chi connectivity index (χ4v) is 3.34. The molecule has 2 aromatic carbocycles. The molecule has 0 bridgehead atoms. The molecule has 0 aliphatic carbocycles. The number of carbonyl (C=O) groups is 2. The predicted octanol–water partition coefficient (Wildman–Crippen LogP) is 3.48. The van der Waals surface area contributed by atoms with Crippen molar-refractivity contribution >= 4 is 38.6 Å². The Labute approximate surface area is 155 Å². The maximum atomic E-state index is 11.9. The molecule has 6 nitrogen and oxygen atoms in total. The molecule has 26 heavy (non-hydrogen) atoms. The van der Waals surface area contributed by atoms with E-state index in [9.17, 15) is 9.59 Å². The third kappa shape index (κ3) is 4.18. The van der Waals surface area contributed by atoms with E-state index in [1.165, 1.54) is 21.8 Å². The van der Waals surface area contributed by atoms with Crippen LogP contribution >= 0.6 is 11.3 Å². The van der Waals surface area contributed by atoms with Crippen LogP contribution in [0.1, 0.15) is 5.56 Å². The molecule has 134 valence electrons. The highest BCUT2D eigenvalue weighted by Gasteiger charge is 2.11. The van der Waals surface area contributed by atoms with Crippen molar-refractivity contribution < 1.29 is 9.59 Å². The summed E-state index contributed by atoms with van der Waals surface area (Å²) in [7, 11) is 3.28. The summed E-state index contributed by atoms with van der Waals surface area (Å²) in [6.45, 7) is 2.01. The minimum atomic E-state index is -0.446. The molecular weight excluding hydrogens is 348 g/mol. The van der Waals surface area contributed by atoms with Gasteiger partial charge in [-0.15, -0.1) is 0 Å². The van der Waals surface area contributed by atoms with Gasteiger partial charge in [0.2, 0.25) is 5.91 Å². The van der Waals surface area contributed by atoms with Gasteiger partial charge in [0.25, 0.3) is 0 Å². The molecule has 0 saturated heterocycles. The first-order valence-corrected chi connectivity index (χ1v) is 8.96. The lowest BCUT2D eigenvalue weighted by Gasteiger charge is -2.10. The summed E-state index contributed by atoms with van der Waals surface area (Å²) < 4.78 is 0.990. The number of fused-ring (bicyclic) bond motifs is 1. The van der Waals surface area contributed by atoms with E-state index in [1.54, 1.807) is 14.1 Å². The van der Waals surface area contributed by atoms with Crippen molar-refractivity contribution in [2.24, 2.45) is 0 Å². The van der Waals surface area contributed by atoms with E-state index in [0.717, 1.165) is 21.3 Å². The zero-order valence-electron chi connectivity index (χ0n) is 14.9. The van der Waals surface area contributed by atoms with E-state index in [0.29, 0.717) is 5.13 Å². The van der Waals surface area contributed by atoms with Crippen molar-refractivity contribution in [3.05, 3.63) is 48.0 Å². The van der Waals surface area contributed by atoms with Gasteiger partial charge in [-0.1, -0.05) is 47.2 Å². The number of hydrogen-bond donors (Lipinski definition) is 2. The summed E-state index contributed by atoms with van der Waals surface area (Å²) in [5.41, 5.74) is 4.29. The Morgan fingerprint density at radius 2 is 1.88 bits per heavy atom. The summed E-state index contributed by atoms with van der Waals surface area (Å²) in [5, 5.41) is 5.70. The molecule has 0 saturated carbocycles. The molecule has 0 aliphatic heterocycles. The van der Waals surface area contributed by atoms with Gasteiger partial charge < -0.3 is 10.2 Å². The fourth-order valence-electron chi connectivity index (χ4n) is 2.44. The van der Waals surface area contributed by atoms with Gasteiger partial charge in [0.05, 0.1) is 16.8 Å². The number of rotatable bonds is 4. The average molecular weight is 368 g/mol. The number of amides is 3. The molecule has 2 N–H and O–H groups in total. The van der Waals surface area contributed by atoms with E-state index in [-0.39, 0.29) is 12.5 Å². The zero-order valence-corrected chi connectivity index (χ0v) is 15.7. The van der Waals surface area contributed by atoms with Gasteiger partial charge in [0, 0.05) is 14.1 Å². The van der Waals surface area contributed by atoms with Gasteiger partial charge in [-0.05, 0) is 30.2 Å². The second-order valence-electron chi connectivity index (χ2n) is 6.17. The lowest BCUT2D eigenvalue weighted by molar-refractivity contribution is -0.127. The summed E-state index contributed by atoms with van der Waals surface area (Å²) >= 11 is 1.40. The third-order valence-electron chi connectivity index (χ3n) is 3.86. The van der Waals surface area contributed by atoms with Crippen molar-refractivity contribution in [3.8, 4) is 11.1 Å². The van der Waals surface area contributed by atoms with Gasteiger partial charge >= 0.3 is 6.03 Å². The highest BCUT2D eigenvalue weighted by Crippen LogP contribution is 2.30. The van der Waals surface area contributed by atoms with Crippen LogP contribution in [0.15, 0.2) is 42.5 Å². The number of nitrogens with one attached hydrogen (secondary N) is 2. The molecule has 3 aromatic rings. The first-order valence-electron chi connectivity index (χ1n) is 8.15. The SMILES string of the molecule is Cc1cccc(-c2ccc3nc(NC(=O)NCC(=O)N(C)C)sc3c2)c1. The number of likely N-dealkylation sites (N-methyl/N-ethyl adjacent to an activating group) is 1. The van der Waals surface area contributed by atoms with Crippen molar-refractivity contribution in [1.82, 2.24) is 15.2 Å². The molecule has 3 amide bonds. The second-order valence-corrected chi connectivity index (χ2v) is 7.20. The minimum absolute atomic E-state index is 0.0543. The summed E-state index contributed by atoms with van der Waals surface area (Å²) in [4.78, 5) is 29.3. The molecule has 1 aromatic heterocycles. The average Bonchev–Trinajstić information content (AvgIpc) is 3.00. The van der Waals surface area contributed by atoms with Crippen molar-refractivity contribution in [2.75, 3.05) is 26.0 Å². The van der Waals surface area contributed by atoms with Crippen LogP contribution < -0.4 is 10.6 Å². The zero-order chi connectivity index (χ0) is 18.7. The van der Waals surface area contributed by atoms with E-state index < -0.39 is 6.03 Å². The molecule has 3 rings (SSSR count). The summed E-state index contributed by atoms with van der Waals surface area (Å²) in [5.74, 6) is -0.174. The van der Waals surface area contributed by atoms with Crippen LogP contribution in [0, 0.1) is 6.92 Å². The Morgan fingerprint density at radius 3 is 2.62 bits per heavy atom. The minimum Gasteiger partial charge on any atom is -0.347 e. The number of aromatic nitrogens is 1. The Hall–Kier alpha value is -2.93. The van der Waals surface area contributed by atoms with Crippen molar-refractivity contribution in [2.45, 2.75) is 6.92 Å². The van der Waals surface area contributed by atoms with E-state index in [4.69, 9.17) is 0 Å². The monoisotopic (exact) mass is 368 g/mol. The topological polar surface area (TPSA) is 74.3 Å². The van der Waals surface area contributed by atoms with Crippen LogP contribution in [-0.4, -0.2) is 42.5 Å². The van der Waals surface area contributed by atoms with E-state index >= 15 is 0 Å². The molecule has 7 heteroatoms. The summed E-state index contributed by atoms with van der Waals surface area (Å²) in [6, 6.07) is 13.9. The van der Waals surface area contributed by atoms with Gasteiger partial charge in [0.15, 0.2) is 5.13 Å². The lowest BCUT2D eigenvalue weighted by atomic mass is 10.0. The molecule has 0 aliphatic rings. The highest BCUT2D eigenvalue weighted by atomic mass is 32.1. The van der Waals surface area contributed by atoms with Crippen LogP contribution in [0.5, 0.6) is 0 Å². The molecular formula is C19H20N4O2S. The van der Waals surface area contributed by atoms with Gasteiger partial charge in [-0.3, -0.25) is 10.1 Å². The predicted molar refractivity (Wildman–Crippen MR) is 106 cm³/mol. The van der Waals surface area contributed by atoms with Crippen LogP contribution in [0.4, 0.5) is 9.93 Å². The largest absolute Gasteiger partial charge is 0.347 e. The van der Waals surface area contributed by atoms with Crippen LogP contribution in [0.3, 0.4) is 0 Å². The molecule has 0 unspecified atom stereocenters. The lowest BCUT2D eigenvalue weighted by Crippen LogP contribution is -2.38. The molecule has 0 fully saturated rings. The Bertz CT molecular complexity index is 965. The quantitative estimate of drug-likeness (QED) is 0.740. The van der Waals surface area contributed by atoms with Gasteiger partial charge in [-0.25, -0.2) is 9.78 Å². The number of anilines is 1. The Balaban J connectivity index is 1.73. The normalized spacial score (nSPS) is 10.6. The van der Waals surface area contributed by atoms with Crippen molar-refractivity contribution in [1.29, 1.82) is 0 Å². The number of hydrogen-bond acceptors (Lipinski definition) is 4. The summed E-state index contributed by atoms with van der Waals surface area (Å²) in [6.07, 6.45) is 0. The van der Waals surface area contributed by atoms with Crippen LogP contribution in [0.25, 0.3) is 21.3 Å². The van der Waals surface area contributed by atoms with E-state index in [2.05, 4.69) is 46.8 Å². The number of thiazole rings is 1. The molecule has 1 heterocycles. The smallest absolute Gasteiger partial charge is 0.321 e. The fraction of sp³-hybridized carbons (Fsp3) is 0.211. The molecule has 0 spiro atoms. The maximum Gasteiger partial charge on any atom is 0.321 e. The highest BCUT2D eigenvalue weighted by molar-refractivity contribution is 7.22. The number of nitrogens with zero attached hydrogens (tertiary/aromatic N) is 2. The number of aryl methyl sites for hydroxylation is 1. The van der Waals surface area contributed by atoms with Crippen LogP contribution in [0.2, 0.25) is 0 Å². The molecule has 0 atom stereocenters. The number of carbonyl (C=O) groups excluding carboxylic acids is 2.